The molecule has 3 rings (SSSR count). The van der Waals surface area contributed by atoms with Crippen molar-refractivity contribution in [3.63, 3.8) is 0 Å². The van der Waals surface area contributed by atoms with Crippen molar-refractivity contribution in [2.75, 3.05) is 13.7 Å². The van der Waals surface area contributed by atoms with Gasteiger partial charge in [-0.1, -0.05) is 6.07 Å². The molecule has 1 aliphatic heterocycles. The van der Waals surface area contributed by atoms with E-state index in [4.69, 9.17) is 9.47 Å². The summed E-state index contributed by atoms with van der Waals surface area (Å²) in [6.07, 6.45) is 2.64. The molecule has 1 spiro atoms. The van der Waals surface area contributed by atoms with Crippen LogP contribution in [0.1, 0.15) is 24.0 Å². The van der Waals surface area contributed by atoms with E-state index in [1.165, 1.54) is 5.56 Å². The first kappa shape index (κ1) is 10.4. The lowest BCUT2D eigenvalue weighted by atomic mass is 9.79. The third-order valence-electron chi connectivity index (χ3n) is 3.64. The Labute approximate surface area is 99.9 Å². The van der Waals surface area contributed by atoms with E-state index in [9.17, 15) is 4.79 Å². The highest BCUT2D eigenvalue weighted by Crippen LogP contribution is 2.41. The first-order valence-corrected chi connectivity index (χ1v) is 5.88. The second-order valence-corrected chi connectivity index (χ2v) is 4.61. The Kier molecular flexibility index (Phi) is 2.24. The Hall–Kier alpha value is -1.71. The van der Waals surface area contributed by atoms with Gasteiger partial charge in [0.05, 0.1) is 13.7 Å². The van der Waals surface area contributed by atoms with Gasteiger partial charge in [-0.3, -0.25) is 0 Å². The van der Waals surface area contributed by atoms with Crippen LogP contribution in [0.2, 0.25) is 0 Å². The normalized spacial score (nSPS) is 26.3. The predicted molar refractivity (Wildman–Crippen MR) is 62.1 cm³/mol. The van der Waals surface area contributed by atoms with Crippen LogP contribution in [0.4, 0.5) is 4.79 Å². The Morgan fingerprint density at radius 2 is 2.35 bits per heavy atom. The molecule has 0 aromatic heterocycles. The minimum Gasteiger partial charge on any atom is -0.497 e. The molecular weight excluding hydrogens is 218 g/mol. The van der Waals surface area contributed by atoms with Gasteiger partial charge >= 0.3 is 6.09 Å². The molecule has 1 heterocycles. The van der Waals surface area contributed by atoms with Crippen LogP contribution in [0.5, 0.6) is 5.75 Å². The summed E-state index contributed by atoms with van der Waals surface area (Å²) in [6.45, 7) is 0.575. The van der Waals surface area contributed by atoms with Gasteiger partial charge in [-0.05, 0) is 37.0 Å². The van der Waals surface area contributed by atoms with Crippen molar-refractivity contribution in [3.05, 3.63) is 29.3 Å². The molecule has 4 heteroatoms. The zero-order valence-corrected chi connectivity index (χ0v) is 9.79. The summed E-state index contributed by atoms with van der Waals surface area (Å²) in [4.78, 5) is 11.3. The number of carbonyl (C=O) groups is 1. The minimum absolute atomic E-state index is 0.311. The molecule has 17 heavy (non-hydrogen) atoms. The molecule has 1 aliphatic carbocycles. The summed E-state index contributed by atoms with van der Waals surface area (Å²) in [6, 6.07) is 5.99. The second-order valence-electron chi connectivity index (χ2n) is 4.61. The summed E-state index contributed by atoms with van der Waals surface area (Å²) >= 11 is 0. The number of carbonyl (C=O) groups excluding carboxylic acids is 1. The summed E-state index contributed by atoms with van der Waals surface area (Å²) in [5.74, 6) is 0.859. The van der Waals surface area contributed by atoms with E-state index >= 15 is 0 Å². The lowest BCUT2D eigenvalue weighted by molar-refractivity contribution is 0.0396. The highest BCUT2D eigenvalue weighted by atomic mass is 16.6. The quantitative estimate of drug-likeness (QED) is 0.806. The van der Waals surface area contributed by atoms with Gasteiger partial charge in [-0.25, -0.2) is 4.79 Å². The fourth-order valence-corrected chi connectivity index (χ4v) is 2.80. The lowest BCUT2D eigenvalue weighted by Crippen LogP contribution is -2.34. The van der Waals surface area contributed by atoms with Gasteiger partial charge in [0.1, 0.15) is 5.75 Å². The predicted octanol–water partition coefficient (Wildman–Crippen LogP) is 1.97. The maximum absolute atomic E-state index is 11.3. The number of hydrogen-bond donors (Lipinski definition) is 1. The third-order valence-corrected chi connectivity index (χ3v) is 3.64. The number of benzene rings is 1. The number of aryl methyl sites for hydroxylation is 1. The molecule has 1 aromatic carbocycles. The van der Waals surface area contributed by atoms with Crippen LogP contribution in [0.15, 0.2) is 18.2 Å². The number of methoxy groups -OCH3 is 1. The fourth-order valence-electron chi connectivity index (χ4n) is 2.80. The maximum Gasteiger partial charge on any atom is 0.408 e. The second kappa shape index (κ2) is 3.65. The lowest BCUT2D eigenvalue weighted by Gasteiger charge is -2.33. The van der Waals surface area contributed by atoms with Crippen LogP contribution >= 0.6 is 0 Å². The van der Waals surface area contributed by atoms with Crippen LogP contribution in [-0.4, -0.2) is 19.7 Å². The van der Waals surface area contributed by atoms with E-state index in [-0.39, 0.29) is 6.09 Å². The molecule has 1 amide bonds. The molecule has 90 valence electrons. The number of alkyl carbamates (subject to hydrolysis) is 1. The van der Waals surface area contributed by atoms with Crippen molar-refractivity contribution in [1.29, 1.82) is 0 Å². The van der Waals surface area contributed by atoms with Crippen LogP contribution < -0.4 is 10.1 Å². The highest BCUT2D eigenvalue weighted by molar-refractivity contribution is 5.71. The monoisotopic (exact) mass is 233 g/mol. The SMILES string of the molecule is COc1ccc2c(c1)CCCC21CNC(=O)O1. The Bertz CT molecular complexity index is 472. The van der Waals surface area contributed by atoms with Crippen molar-refractivity contribution in [1.82, 2.24) is 5.32 Å². The molecule has 2 aliphatic rings. The topological polar surface area (TPSA) is 47.6 Å². The first-order valence-electron chi connectivity index (χ1n) is 5.88. The Balaban J connectivity index is 2.05. The van der Waals surface area contributed by atoms with Gasteiger partial charge in [0.25, 0.3) is 0 Å². The molecule has 0 bridgehead atoms. The summed E-state index contributed by atoms with van der Waals surface area (Å²) < 4.78 is 10.7. The fraction of sp³-hybridized carbons (Fsp3) is 0.462. The molecule has 1 N–H and O–H groups in total. The van der Waals surface area contributed by atoms with Crippen molar-refractivity contribution in [2.45, 2.75) is 24.9 Å². The number of hydrogen-bond acceptors (Lipinski definition) is 3. The van der Waals surface area contributed by atoms with Crippen molar-refractivity contribution in [3.8, 4) is 5.75 Å². The zero-order chi connectivity index (χ0) is 11.9. The molecule has 1 fully saturated rings. The van der Waals surface area contributed by atoms with Crippen molar-refractivity contribution < 1.29 is 14.3 Å². The standard InChI is InChI=1S/C13H15NO3/c1-16-10-4-5-11-9(7-10)3-2-6-13(11)8-14-12(15)17-13/h4-5,7H,2-3,6,8H2,1H3,(H,14,15). The first-order chi connectivity index (χ1) is 8.23. The third kappa shape index (κ3) is 1.55. The van der Waals surface area contributed by atoms with E-state index in [0.717, 1.165) is 30.6 Å². The molecule has 0 radical (unpaired) electrons. The van der Waals surface area contributed by atoms with Gasteiger partial charge in [0.15, 0.2) is 5.60 Å². The molecule has 1 saturated heterocycles. The average molecular weight is 233 g/mol. The van der Waals surface area contributed by atoms with Gasteiger partial charge in [-0.15, -0.1) is 0 Å². The molecule has 0 saturated carbocycles. The van der Waals surface area contributed by atoms with Crippen LogP contribution in [-0.2, 0) is 16.8 Å². The number of amides is 1. The van der Waals surface area contributed by atoms with E-state index < -0.39 is 5.60 Å². The number of nitrogens with one attached hydrogen (secondary N) is 1. The van der Waals surface area contributed by atoms with Crippen molar-refractivity contribution >= 4 is 6.09 Å². The number of ether oxygens (including phenoxy) is 2. The summed E-state index contributed by atoms with van der Waals surface area (Å²) in [7, 11) is 1.66. The van der Waals surface area contributed by atoms with Gasteiger partial charge in [0.2, 0.25) is 0 Å². The number of rotatable bonds is 1. The van der Waals surface area contributed by atoms with Crippen molar-refractivity contribution in [2.24, 2.45) is 0 Å². The summed E-state index contributed by atoms with van der Waals surface area (Å²) in [5, 5.41) is 2.76. The summed E-state index contributed by atoms with van der Waals surface area (Å²) in [5.41, 5.74) is 1.91. The largest absolute Gasteiger partial charge is 0.497 e. The maximum atomic E-state index is 11.3. The highest BCUT2D eigenvalue weighted by Gasteiger charge is 2.44. The van der Waals surface area contributed by atoms with Crippen LogP contribution in [0.3, 0.4) is 0 Å². The molecule has 1 aromatic rings. The molecular formula is C13H15NO3. The molecule has 1 atom stereocenters. The molecule has 4 nitrogen and oxygen atoms in total. The van der Waals surface area contributed by atoms with E-state index in [0.29, 0.717) is 6.54 Å². The number of fused-ring (bicyclic) bond motifs is 2. The van der Waals surface area contributed by atoms with Gasteiger partial charge in [0, 0.05) is 5.56 Å². The smallest absolute Gasteiger partial charge is 0.408 e. The van der Waals surface area contributed by atoms with Crippen LogP contribution in [0, 0.1) is 0 Å². The Morgan fingerprint density at radius 1 is 1.47 bits per heavy atom. The van der Waals surface area contributed by atoms with Crippen LogP contribution in [0.25, 0.3) is 0 Å². The molecule has 1 unspecified atom stereocenters. The average Bonchev–Trinajstić information content (AvgIpc) is 2.71. The Morgan fingerprint density at radius 3 is 3.06 bits per heavy atom. The minimum atomic E-state index is -0.447. The zero-order valence-electron chi connectivity index (χ0n) is 9.79. The van der Waals surface area contributed by atoms with Gasteiger partial charge in [-0.2, -0.15) is 0 Å². The van der Waals surface area contributed by atoms with Gasteiger partial charge < -0.3 is 14.8 Å². The van der Waals surface area contributed by atoms with E-state index in [1.807, 2.05) is 18.2 Å². The van der Waals surface area contributed by atoms with E-state index in [1.54, 1.807) is 7.11 Å². The van der Waals surface area contributed by atoms with E-state index in [2.05, 4.69) is 5.32 Å².